The number of rotatable bonds is 4. The summed E-state index contributed by atoms with van der Waals surface area (Å²) in [6.07, 6.45) is 1.08. The van der Waals surface area contributed by atoms with Gasteiger partial charge in [0.25, 0.3) is 5.91 Å². The average Bonchev–Trinajstić information content (AvgIpc) is 2.64. The number of carbonyl (C=O) groups is 1. The number of hydrogen-bond donors (Lipinski definition) is 1. The predicted octanol–water partition coefficient (Wildman–Crippen LogP) is 2.82. The highest BCUT2D eigenvalue weighted by Crippen LogP contribution is 2.21. The van der Waals surface area contributed by atoms with Gasteiger partial charge in [0.2, 0.25) is 0 Å². The van der Waals surface area contributed by atoms with E-state index in [1.165, 1.54) is 11.3 Å². The Labute approximate surface area is 97.7 Å². The van der Waals surface area contributed by atoms with Crippen LogP contribution in [-0.4, -0.2) is 11.9 Å². The molecule has 5 heteroatoms. The van der Waals surface area contributed by atoms with Crippen molar-refractivity contribution in [3.63, 3.8) is 0 Å². The van der Waals surface area contributed by atoms with E-state index in [9.17, 15) is 4.79 Å². The maximum Gasteiger partial charge on any atom is 0.261 e. The van der Waals surface area contributed by atoms with E-state index in [1.807, 2.05) is 13.0 Å². The van der Waals surface area contributed by atoms with Gasteiger partial charge in [0.05, 0.1) is 21.7 Å². The lowest BCUT2D eigenvalue weighted by Gasteiger charge is -2.12. The molecule has 0 aliphatic carbocycles. The third-order valence-corrected chi connectivity index (χ3v) is 3.19. The van der Waals surface area contributed by atoms with Crippen LogP contribution >= 0.6 is 22.9 Å². The van der Waals surface area contributed by atoms with Crippen LogP contribution < -0.4 is 5.32 Å². The first-order valence-corrected chi connectivity index (χ1v) is 5.80. The number of thiophene rings is 1. The molecule has 0 spiro atoms. The Bertz CT molecular complexity index is 383. The van der Waals surface area contributed by atoms with Gasteiger partial charge in [-0.1, -0.05) is 18.5 Å². The summed E-state index contributed by atoms with van der Waals surface area (Å²) in [6, 6.07) is 5.33. The molecule has 1 amide bonds. The summed E-state index contributed by atoms with van der Waals surface area (Å²) in [5.74, 6) is -0.158. The number of nitriles is 1. The third kappa shape index (κ3) is 3.54. The van der Waals surface area contributed by atoms with Gasteiger partial charge in [-0.15, -0.1) is 11.3 Å². The molecule has 0 aliphatic heterocycles. The molecule has 1 aromatic heterocycles. The summed E-state index contributed by atoms with van der Waals surface area (Å²) in [6.45, 7) is 1.93. The number of amides is 1. The Hall–Kier alpha value is -1.05. The van der Waals surface area contributed by atoms with E-state index in [1.54, 1.807) is 12.1 Å². The topological polar surface area (TPSA) is 52.9 Å². The molecule has 0 fully saturated rings. The predicted molar refractivity (Wildman–Crippen MR) is 61.1 cm³/mol. The lowest BCUT2D eigenvalue weighted by atomic mass is 10.1. The maximum absolute atomic E-state index is 11.6. The third-order valence-electron chi connectivity index (χ3n) is 1.96. The molecule has 1 unspecified atom stereocenters. The zero-order chi connectivity index (χ0) is 11.3. The van der Waals surface area contributed by atoms with E-state index in [-0.39, 0.29) is 11.9 Å². The second kappa shape index (κ2) is 5.74. The minimum absolute atomic E-state index is 0.0802. The largest absolute Gasteiger partial charge is 0.348 e. The summed E-state index contributed by atoms with van der Waals surface area (Å²) in [7, 11) is 0. The van der Waals surface area contributed by atoms with Crippen molar-refractivity contribution < 1.29 is 4.79 Å². The Morgan fingerprint density at radius 1 is 1.73 bits per heavy atom. The Kier molecular flexibility index (Phi) is 4.60. The number of nitrogens with one attached hydrogen (secondary N) is 1. The zero-order valence-corrected chi connectivity index (χ0v) is 9.86. The number of nitrogens with zero attached hydrogens (tertiary/aromatic N) is 1. The molecule has 0 aliphatic rings. The Balaban J connectivity index is 2.59. The minimum Gasteiger partial charge on any atom is -0.348 e. The van der Waals surface area contributed by atoms with Gasteiger partial charge < -0.3 is 5.32 Å². The van der Waals surface area contributed by atoms with Crippen molar-refractivity contribution >= 4 is 28.8 Å². The van der Waals surface area contributed by atoms with Crippen molar-refractivity contribution in [2.24, 2.45) is 0 Å². The van der Waals surface area contributed by atoms with Crippen molar-refractivity contribution in [2.45, 2.75) is 25.8 Å². The normalized spacial score (nSPS) is 11.8. The van der Waals surface area contributed by atoms with E-state index in [4.69, 9.17) is 16.9 Å². The molecule has 3 nitrogen and oxygen atoms in total. The second-order valence-electron chi connectivity index (χ2n) is 3.04. The van der Waals surface area contributed by atoms with Gasteiger partial charge in [-0.2, -0.15) is 5.26 Å². The fraction of sp³-hybridized carbons (Fsp3) is 0.400. The first kappa shape index (κ1) is 12.0. The highest BCUT2D eigenvalue weighted by molar-refractivity contribution is 7.17. The highest BCUT2D eigenvalue weighted by Gasteiger charge is 2.13. The van der Waals surface area contributed by atoms with Crippen LogP contribution in [0.15, 0.2) is 12.1 Å². The van der Waals surface area contributed by atoms with Crippen LogP contribution in [0.2, 0.25) is 4.34 Å². The zero-order valence-electron chi connectivity index (χ0n) is 8.29. The molecule has 1 rings (SSSR count). The van der Waals surface area contributed by atoms with Gasteiger partial charge in [0, 0.05) is 6.04 Å². The fourth-order valence-electron chi connectivity index (χ4n) is 1.10. The summed E-state index contributed by atoms with van der Waals surface area (Å²) in [5, 5.41) is 11.3. The van der Waals surface area contributed by atoms with Crippen LogP contribution in [0.5, 0.6) is 0 Å². The molecule has 0 saturated heterocycles. The summed E-state index contributed by atoms with van der Waals surface area (Å²) >= 11 is 6.96. The smallest absolute Gasteiger partial charge is 0.261 e. The van der Waals surface area contributed by atoms with Crippen LogP contribution in [0, 0.1) is 11.3 Å². The van der Waals surface area contributed by atoms with Crippen LogP contribution in [0.25, 0.3) is 0 Å². The van der Waals surface area contributed by atoms with E-state index in [0.717, 1.165) is 6.42 Å². The van der Waals surface area contributed by atoms with Crippen molar-refractivity contribution in [2.75, 3.05) is 0 Å². The number of hydrogen-bond acceptors (Lipinski definition) is 3. The lowest BCUT2D eigenvalue weighted by Crippen LogP contribution is -2.33. The molecule has 1 aromatic rings. The van der Waals surface area contributed by atoms with Crippen molar-refractivity contribution in [3.8, 4) is 6.07 Å². The van der Waals surface area contributed by atoms with Crippen molar-refractivity contribution in [1.82, 2.24) is 5.32 Å². The molecular formula is C10H11ClN2OS. The molecule has 0 bridgehead atoms. The number of halogens is 1. The van der Waals surface area contributed by atoms with Gasteiger partial charge in [-0.25, -0.2) is 0 Å². The molecule has 1 atom stereocenters. The van der Waals surface area contributed by atoms with E-state index in [0.29, 0.717) is 15.6 Å². The van der Waals surface area contributed by atoms with Crippen molar-refractivity contribution in [1.29, 1.82) is 5.26 Å². The van der Waals surface area contributed by atoms with Gasteiger partial charge in [-0.3, -0.25) is 4.79 Å². The molecule has 15 heavy (non-hydrogen) atoms. The van der Waals surface area contributed by atoms with Gasteiger partial charge >= 0.3 is 0 Å². The molecule has 1 heterocycles. The highest BCUT2D eigenvalue weighted by atomic mass is 35.5. The van der Waals surface area contributed by atoms with Crippen LogP contribution in [0.4, 0.5) is 0 Å². The van der Waals surface area contributed by atoms with E-state index < -0.39 is 0 Å². The van der Waals surface area contributed by atoms with Crippen LogP contribution in [-0.2, 0) is 0 Å². The summed E-state index contributed by atoms with van der Waals surface area (Å²) in [5.41, 5.74) is 0. The van der Waals surface area contributed by atoms with Gasteiger partial charge in [0.1, 0.15) is 0 Å². The minimum atomic E-state index is -0.158. The molecular weight excluding hydrogens is 232 g/mol. The quantitative estimate of drug-likeness (QED) is 0.883. The first-order chi connectivity index (χ1) is 7.17. The maximum atomic E-state index is 11.6. The second-order valence-corrected chi connectivity index (χ2v) is 4.76. The first-order valence-electron chi connectivity index (χ1n) is 4.60. The number of carbonyl (C=O) groups excluding carboxylic acids is 1. The Morgan fingerprint density at radius 3 is 2.93 bits per heavy atom. The summed E-state index contributed by atoms with van der Waals surface area (Å²) < 4.78 is 0.591. The molecule has 80 valence electrons. The molecule has 0 aromatic carbocycles. The fourth-order valence-corrected chi connectivity index (χ4v) is 2.05. The summed E-state index contributed by atoms with van der Waals surface area (Å²) in [4.78, 5) is 12.2. The Morgan fingerprint density at radius 2 is 2.47 bits per heavy atom. The van der Waals surface area contributed by atoms with Gasteiger partial charge in [-0.05, 0) is 18.6 Å². The van der Waals surface area contributed by atoms with Crippen LogP contribution in [0.1, 0.15) is 29.4 Å². The monoisotopic (exact) mass is 242 g/mol. The SMILES string of the molecule is CCC(CC#N)NC(=O)c1ccc(Cl)s1. The standard InChI is InChI=1S/C10H11ClN2OS/c1-2-7(5-6-12)13-10(14)8-3-4-9(11)15-8/h3-4,7H,2,5H2,1H3,(H,13,14). The average molecular weight is 243 g/mol. The van der Waals surface area contributed by atoms with E-state index >= 15 is 0 Å². The molecule has 1 N–H and O–H groups in total. The van der Waals surface area contributed by atoms with Crippen LogP contribution in [0.3, 0.4) is 0 Å². The van der Waals surface area contributed by atoms with E-state index in [2.05, 4.69) is 5.32 Å². The molecule has 0 saturated carbocycles. The van der Waals surface area contributed by atoms with Crippen molar-refractivity contribution in [3.05, 3.63) is 21.3 Å². The lowest BCUT2D eigenvalue weighted by molar-refractivity contribution is 0.0941. The molecule has 0 radical (unpaired) electrons. The van der Waals surface area contributed by atoms with Gasteiger partial charge in [0.15, 0.2) is 0 Å².